The smallest absolute Gasteiger partial charge is 0.262 e. The average molecular weight is 417 g/mol. The summed E-state index contributed by atoms with van der Waals surface area (Å²) in [7, 11) is 0. The minimum Gasteiger partial charge on any atom is -0.492 e. The van der Waals surface area contributed by atoms with Gasteiger partial charge in [-0.05, 0) is 61.4 Å². The van der Waals surface area contributed by atoms with Crippen molar-refractivity contribution in [2.45, 2.75) is 39.2 Å². The molecule has 1 aliphatic rings. The Kier molecular flexibility index (Phi) is 5.13. The first-order valence-corrected chi connectivity index (χ1v) is 11.4. The Labute approximate surface area is 179 Å². The van der Waals surface area contributed by atoms with Crippen LogP contribution in [0.5, 0.6) is 5.75 Å². The van der Waals surface area contributed by atoms with Crippen molar-refractivity contribution in [3.63, 3.8) is 0 Å². The van der Waals surface area contributed by atoms with Crippen molar-refractivity contribution >= 4 is 21.6 Å². The van der Waals surface area contributed by atoms with Gasteiger partial charge in [0, 0.05) is 10.9 Å². The lowest BCUT2D eigenvalue weighted by atomic mass is 9.89. The van der Waals surface area contributed by atoms with Crippen LogP contribution in [-0.2, 0) is 19.4 Å². The number of hydrogen-bond donors (Lipinski definition) is 0. The topological polar surface area (TPSA) is 44.1 Å². The molecule has 1 aliphatic carbocycles. The predicted octanol–water partition coefficient (Wildman–Crippen LogP) is 5.39. The van der Waals surface area contributed by atoms with Crippen LogP contribution >= 0.6 is 11.3 Å². The molecule has 152 valence electrons. The number of rotatable bonds is 5. The van der Waals surface area contributed by atoms with Crippen LogP contribution in [0, 0.1) is 6.92 Å². The Bertz CT molecular complexity index is 1250. The molecule has 0 atom stereocenters. The fourth-order valence-electron chi connectivity index (χ4n) is 4.14. The molecule has 0 amide bonds. The van der Waals surface area contributed by atoms with Gasteiger partial charge in [-0.15, -0.1) is 11.3 Å². The van der Waals surface area contributed by atoms with Gasteiger partial charge in [-0.2, -0.15) is 0 Å². The molecular formula is C25H24N2O2S. The fraction of sp³-hybridized carbons (Fsp3) is 0.280. The van der Waals surface area contributed by atoms with E-state index in [0.29, 0.717) is 18.5 Å². The summed E-state index contributed by atoms with van der Waals surface area (Å²) in [5.74, 6) is 0.813. The van der Waals surface area contributed by atoms with Crippen LogP contribution in [0.2, 0.25) is 0 Å². The summed E-state index contributed by atoms with van der Waals surface area (Å²) in [6.45, 7) is 2.94. The summed E-state index contributed by atoms with van der Waals surface area (Å²) in [5, 5.41) is 2.78. The van der Waals surface area contributed by atoms with Crippen molar-refractivity contribution < 1.29 is 4.74 Å². The molecule has 5 rings (SSSR count). The highest BCUT2D eigenvalue weighted by molar-refractivity contribution is 7.17. The number of ether oxygens (including phenoxy) is 1. The summed E-state index contributed by atoms with van der Waals surface area (Å²) >= 11 is 1.54. The second-order valence-corrected chi connectivity index (χ2v) is 8.78. The molecule has 4 nitrogen and oxygen atoms in total. The van der Waals surface area contributed by atoms with Crippen molar-refractivity contribution in [1.29, 1.82) is 0 Å². The molecule has 2 aromatic carbocycles. The van der Waals surface area contributed by atoms with Crippen LogP contribution in [0.3, 0.4) is 0 Å². The maximum absolute atomic E-state index is 13.2. The van der Waals surface area contributed by atoms with Crippen LogP contribution in [0.1, 0.15) is 29.5 Å². The van der Waals surface area contributed by atoms with E-state index in [4.69, 9.17) is 4.74 Å². The Balaban J connectivity index is 1.42. The Morgan fingerprint density at radius 2 is 1.87 bits per heavy atom. The Hall–Kier alpha value is -2.92. The molecular weight excluding hydrogens is 392 g/mol. The minimum atomic E-state index is 0.00137. The van der Waals surface area contributed by atoms with Gasteiger partial charge in [0.2, 0.25) is 0 Å². The molecule has 2 heterocycles. The highest BCUT2D eigenvalue weighted by atomic mass is 32.1. The lowest BCUT2D eigenvalue weighted by molar-refractivity contribution is 0.296. The van der Waals surface area contributed by atoms with Crippen LogP contribution < -0.4 is 10.3 Å². The zero-order chi connectivity index (χ0) is 20.5. The normalized spacial score (nSPS) is 13.4. The van der Waals surface area contributed by atoms with Crippen molar-refractivity contribution in [1.82, 2.24) is 9.55 Å². The summed E-state index contributed by atoms with van der Waals surface area (Å²) < 4.78 is 7.46. The summed E-state index contributed by atoms with van der Waals surface area (Å²) in [4.78, 5) is 18.6. The minimum absolute atomic E-state index is 0.00137. The van der Waals surface area contributed by atoms with Gasteiger partial charge in [0.1, 0.15) is 17.2 Å². The molecule has 0 aliphatic heterocycles. The third-order valence-electron chi connectivity index (χ3n) is 5.84. The lowest BCUT2D eigenvalue weighted by Crippen LogP contribution is -2.23. The molecule has 0 fully saturated rings. The van der Waals surface area contributed by atoms with Crippen molar-refractivity contribution in [2.24, 2.45) is 0 Å². The second kappa shape index (κ2) is 8.07. The Morgan fingerprint density at radius 1 is 1.07 bits per heavy atom. The first kappa shape index (κ1) is 19.1. The first-order chi connectivity index (χ1) is 14.7. The standard InChI is InChI=1S/C25H24N2O2S/c1-17-6-10-21(11-7-17)29-13-12-27-16-26-24-23(25(27)28)22(15-30-24)20-9-8-18-4-2-3-5-19(18)14-20/h6-11,14-16H,2-5,12-13H2,1H3. The van der Waals surface area contributed by atoms with Crippen molar-refractivity contribution in [2.75, 3.05) is 6.61 Å². The van der Waals surface area contributed by atoms with E-state index in [1.165, 1.54) is 40.9 Å². The number of nitrogens with zero attached hydrogens (tertiary/aromatic N) is 2. The van der Waals surface area contributed by atoms with Gasteiger partial charge >= 0.3 is 0 Å². The molecule has 0 saturated carbocycles. The number of hydrogen-bond acceptors (Lipinski definition) is 4. The molecule has 5 heteroatoms. The van der Waals surface area contributed by atoms with Crippen LogP contribution in [0.25, 0.3) is 21.3 Å². The number of benzene rings is 2. The van der Waals surface area contributed by atoms with Gasteiger partial charge in [0.15, 0.2) is 0 Å². The molecule has 0 radical (unpaired) electrons. The largest absolute Gasteiger partial charge is 0.492 e. The zero-order valence-electron chi connectivity index (χ0n) is 17.1. The van der Waals surface area contributed by atoms with Gasteiger partial charge in [-0.25, -0.2) is 4.98 Å². The summed E-state index contributed by atoms with van der Waals surface area (Å²) in [5.41, 5.74) is 6.19. The molecule has 30 heavy (non-hydrogen) atoms. The molecule has 0 bridgehead atoms. The quantitative estimate of drug-likeness (QED) is 0.438. The van der Waals surface area contributed by atoms with E-state index in [-0.39, 0.29) is 5.56 Å². The van der Waals surface area contributed by atoms with Gasteiger partial charge in [0.05, 0.1) is 18.3 Å². The third kappa shape index (κ3) is 3.65. The number of aryl methyl sites for hydroxylation is 3. The van der Waals surface area contributed by atoms with Gasteiger partial charge in [-0.3, -0.25) is 9.36 Å². The molecule has 0 unspecified atom stereocenters. The second-order valence-electron chi connectivity index (χ2n) is 7.92. The molecule has 0 spiro atoms. The number of aromatic nitrogens is 2. The van der Waals surface area contributed by atoms with Crippen LogP contribution in [0.4, 0.5) is 0 Å². The van der Waals surface area contributed by atoms with E-state index in [1.54, 1.807) is 10.9 Å². The SMILES string of the molecule is Cc1ccc(OCCn2cnc3scc(-c4ccc5c(c4)CCCC5)c3c2=O)cc1. The van der Waals surface area contributed by atoms with E-state index < -0.39 is 0 Å². The van der Waals surface area contributed by atoms with Crippen molar-refractivity contribution in [3.8, 4) is 16.9 Å². The highest BCUT2D eigenvalue weighted by Gasteiger charge is 2.16. The lowest BCUT2D eigenvalue weighted by Gasteiger charge is -2.16. The molecule has 0 N–H and O–H groups in total. The van der Waals surface area contributed by atoms with Crippen molar-refractivity contribution in [3.05, 3.63) is 81.2 Å². The highest BCUT2D eigenvalue weighted by Crippen LogP contribution is 2.33. The van der Waals surface area contributed by atoms with E-state index in [2.05, 4.69) is 28.6 Å². The predicted molar refractivity (Wildman–Crippen MR) is 123 cm³/mol. The number of thiophene rings is 1. The summed E-state index contributed by atoms with van der Waals surface area (Å²) in [6, 6.07) is 14.6. The first-order valence-electron chi connectivity index (χ1n) is 10.5. The maximum atomic E-state index is 13.2. The Morgan fingerprint density at radius 3 is 2.70 bits per heavy atom. The fourth-order valence-corrected chi connectivity index (χ4v) is 5.04. The number of fused-ring (bicyclic) bond motifs is 2. The average Bonchev–Trinajstić information content (AvgIpc) is 3.21. The maximum Gasteiger partial charge on any atom is 0.262 e. The van der Waals surface area contributed by atoms with Gasteiger partial charge in [0.25, 0.3) is 5.56 Å². The van der Waals surface area contributed by atoms with Crippen LogP contribution in [-0.4, -0.2) is 16.2 Å². The third-order valence-corrected chi connectivity index (χ3v) is 6.73. The zero-order valence-corrected chi connectivity index (χ0v) is 17.9. The summed E-state index contributed by atoms with van der Waals surface area (Å²) in [6.07, 6.45) is 6.44. The van der Waals surface area contributed by atoms with E-state index in [0.717, 1.165) is 34.5 Å². The van der Waals surface area contributed by atoms with Crippen LogP contribution in [0.15, 0.2) is 59.0 Å². The van der Waals surface area contributed by atoms with E-state index in [9.17, 15) is 4.79 Å². The van der Waals surface area contributed by atoms with E-state index >= 15 is 0 Å². The molecule has 4 aromatic rings. The van der Waals surface area contributed by atoms with E-state index in [1.807, 2.05) is 31.2 Å². The molecule has 2 aromatic heterocycles. The van der Waals surface area contributed by atoms with Gasteiger partial charge in [-0.1, -0.05) is 35.9 Å². The monoisotopic (exact) mass is 416 g/mol. The van der Waals surface area contributed by atoms with Gasteiger partial charge < -0.3 is 4.74 Å². The molecule has 0 saturated heterocycles.